The summed E-state index contributed by atoms with van der Waals surface area (Å²) in [4.78, 5) is 0. The Balaban J connectivity index is 2.95. The van der Waals surface area contributed by atoms with Gasteiger partial charge in [-0.25, -0.2) is 4.39 Å². The maximum absolute atomic E-state index is 12.1. The van der Waals surface area contributed by atoms with Crippen LogP contribution in [0.25, 0.3) is 0 Å². The molecule has 1 aliphatic heterocycles. The highest BCUT2D eigenvalue weighted by molar-refractivity contribution is 7.89. The van der Waals surface area contributed by atoms with E-state index in [2.05, 4.69) is 4.18 Å². The van der Waals surface area contributed by atoms with Crippen molar-refractivity contribution in [3.63, 3.8) is 0 Å². The van der Waals surface area contributed by atoms with Gasteiger partial charge in [-0.1, -0.05) is 0 Å². The van der Waals surface area contributed by atoms with Crippen molar-refractivity contribution >= 4 is 10.1 Å². The van der Waals surface area contributed by atoms with Crippen LogP contribution < -0.4 is 0 Å². The molecule has 9 heavy (non-hydrogen) atoms. The lowest BCUT2D eigenvalue weighted by Crippen LogP contribution is -2.09. The van der Waals surface area contributed by atoms with Gasteiger partial charge in [-0.05, 0) is 0 Å². The zero-order valence-corrected chi connectivity index (χ0v) is 5.32. The van der Waals surface area contributed by atoms with Gasteiger partial charge in [0.15, 0.2) is 0 Å². The van der Waals surface area contributed by atoms with Crippen molar-refractivity contribution in [3.05, 3.63) is 11.2 Å². The maximum Gasteiger partial charge on any atom is 0.292 e. The summed E-state index contributed by atoms with van der Waals surface area (Å²) in [6.07, 6.45) is 0.0548. The Labute approximate surface area is 52.3 Å². The third-order valence-electron chi connectivity index (χ3n) is 0.861. The van der Waals surface area contributed by atoms with Crippen LogP contribution in [-0.4, -0.2) is 15.0 Å². The van der Waals surface area contributed by atoms with Crippen LogP contribution in [0.2, 0.25) is 0 Å². The van der Waals surface area contributed by atoms with Crippen molar-refractivity contribution in [1.82, 2.24) is 0 Å². The van der Waals surface area contributed by atoms with Crippen LogP contribution in [0.3, 0.4) is 0 Å². The van der Waals surface area contributed by atoms with Crippen molar-refractivity contribution in [1.29, 1.82) is 0 Å². The van der Waals surface area contributed by atoms with Crippen molar-refractivity contribution in [3.8, 4) is 0 Å². The van der Waals surface area contributed by atoms with E-state index in [1.165, 1.54) is 0 Å². The fourth-order valence-corrected chi connectivity index (χ4v) is 1.32. The predicted molar refractivity (Wildman–Crippen MR) is 28.7 cm³/mol. The monoisotopic (exact) mass is 152 g/mol. The van der Waals surface area contributed by atoms with E-state index in [9.17, 15) is 12.8 Å². The van der Waals surface area contributed by atoms with E-state index >= 15 is 0 Å². The van der Waals surface area contributed by atoms with E-state index in [1.807, 2.05) is 0 Å². The zero-order valence-electron chi connectivity index (χ0n) is 4.50. The molecule has 0 unspecified atom stereocenters. The van der Waals surface area contributed by atoms with E-state index in [4.69, 9.17) is 0 Å². The molecule has 0 aromatic carbocycles. The molecular formula is C4H5FO3S. The van der Waals surface area contributed by atoms with Gasteiger partial charge in [-0.3, -0.25) is 4.18 Å². The van der Waals surface area contributed by atoms with Crippen LogP contribution in [0.15, 0.2) is 11.2 Å². The Bertz CT molecular complexity index is 228. The summed E-state index contributed by atoms with van der Waals surface area (Å²) in [5.41, 5.74) is 0. The van der Waals surface area contributed by atoms with E-state index < -0.39 is 15.9 Å². The molecule has 0 saturated carbocycles. The molecule has 0 fully saturated rings. The number of hydrogen-bond acceptors (Lipinski definition) is 3. The Morgan fingerprint density at radius 2 is 2.33 bits per heavy atom. The quantitative estimate of drug-likeness (QED) is 0.476. The highest BCUT2D eigenvalue weighted by Crippen LogP contribution is 2.13. The van der Waals surface area contributed by atoms with Gasteiger partial charge in [0.25, 0.3) is 10.1 Å². The SMILES string of the molecule is O=S1(=O)C=C(F)CCO1. The molecule has 0 spiro atoms. The summed E-state index contributed by atoms with van der Waals surface area (Å²) < 4.78 is 36.9. The van der Waals surface area contributed by atoms with Gasteiger partial charge in [0.1, 0.15) is 5.83 Å². The fourth-order valence-electron chi connectivity index (χ4n) is 0.505. The Morgan fingerprint density at radius 3 is 2.67 bits per heavy atom. The van der Waals surface area contributed by atoms with Gasteiger partial charge in [0, 0.05) is 6.42 Å². The standard InChI is InChI=1S/C4H5FO3S/c5-4-1-2-8-9(6,7)3-4/h3H,1-2H2. The molecule has 0 aromatic rings. The van der Waals surface area contributed by atoms with Crippen molar-refractivity contribution in [2.45, 2.75) is 6.42 Å². The van der Waals surface area contributed by atoms with Crippen LogP contribution in [0.5, 0.6) is 0 Å². The van der Waals surface area contributed by atoms with Gasteiger partial charge < -0.3 is 0 Å². The van der Waals surface area contributed by atoms with E-state index in [0.29, 0.717) is 5.41 Å². The minimum absolute atomic E-state index is 0.0548. The van der Waals surface area contributed by atoms with Crippen LogP contribution >= 0.6 is 0 Å². The van der Waals surface area contributed by atoms with E-state index in [0.717, 1.165) is 0 Å². The molecule has 5 heteroatoms. The molecule has 52 valence electrons. The Hall–Kier alpha value is -0.420. The third kappa shape index (κ3) is 1.76. The van der Waals surface area contributed by atoms with Crippen LogP contribution in [0.1, 0.15) is 6.42 Å². The van der Waals surface area contributed by atoms with E-state index in [-0.39, 0.29) is 13.0 Å². The lowest BCUT2D eigenvalue weighted by atomic mass is 10.4. The van der Waals surface area contributed by atoms with E-state index in [1.54, 1.807) is 0 Å². The summed E-state index contributed by atoms with van der Waals surface area (Å²) in [5.74, 6) is -0.638. The molecule has 0 amide bonds. The van der Waals surface area contributed by atoms with Gasteiger partial charge in [0.2, 0.25) is 0 Å². The molecule has 1 rings (SSSR count). The van der Waals surface area contributed by atoms with Gasteiger partial charge in [0.05, 0.1) is 12.0 Å². The zero-order chi connectivity index (χ0) is 6.91. The molecule has 0 radical (unpaired) electrons. The van der Waals surface area contributed by atoms with Crippen molar-refractivity contribution in [2.24, 2.45) is 0 Å². The average Bonchev–Trinajstić information content (AvgIpc) is 1.60. The first-order valence-corrected chi connectivity index (χ1v) is 3.83. The molecule has 0 aliphatic carbocycles. The lowest BCUT2D eigenvalue weighted by Gasteiger charge is -2.05. The number of rotatable bonds is 0. The number of hydrogen-bond donors (Lipinski definition) is 0. The summed E-state index contributed by atoms with van der Waals surface area (Å²) >= 11 is 0. The molecule has 0 atom stereocenters. The predicted octanol–water partition coefficient (Wildman–Crippen LogP) is 0.547. The Morgan fingerprint density at radius 1 is 1.67 bits per heavy atom. The summed E-state index contributed by atoms with van der Waals surface area (Å²) in [6.45, 7) is -0.0787. The van der Waals surface area contributed by atoms with Crippen molar-refractivity contribution in [2.75, 3.05) is 6.61 Å². The lowest BCUT2D eigenvalue weighted by molar-refractivity contribution is 0.307. The summed E-state index contributed by atoms with van der Waals surface area (Å²) in [5, 5.41) is 0.497. The normalized spacial score (nSPS) is 25.2. The molecule has 1 aliphatic rings. The first-order valence-electron chi connectivity index (χ1n) is 2.36. The smallest absolute Gasteiger partial charge is 0.266 e. The molecule has 0 bridgehead atoms. The minimum Gasteiger partial charge on any atom is -0.266 e. The fraction of sp³-hybridized carbons (Fsp3) is 0.500. The first kappa shape index (κ1) is 6.70. The Kier molecular flexibility index (Phi) is 1.54. The molecule has 0 saturated heterocycles. The molecule has 3 nitrogen and oxygen atoms in total. The highest BCUT2D eigenvalue weighted by atomic mass is 32.2. The minimum atomic E-state index is -3.67. The maximum atomic E-state index is 12.1. The van der Waals surface area contributed by atoms with Gasteiger partial charge >= 0.3 is 0 Å². The van der Waals surface area contributed by atoms with Gasteiger partial charge in [-0.2, -0.15) is 8.42 Å². The number of halogens is 1. The van der Waals surface area contributed by atoms with Crippen molar-refractivity contribution < 1.29 is 17.0 Å². The highest BCUT2D eigenvalue weighted by Gasteiger charge is 2.15. The molecule has 0 N–H and O–H groups in total. The van der Waals surface area contributed by atoms with Crippen LogP contribution in [0.4, 0.5) is 4.39 Å². The molecule has 1 heterocycles. The first-order chi connectivity index (χ1) is 4.10. The summed E-state index contributed by atoms with van der Waals surface area (Å²) in [7, 11) is -3.67. The second-order valence-corrected chi connectivity index (χ2v) is 3.09. The molecule has 0 aromatic heterocycles. The van der Waals surface area contributed by atoms with Gasteiger partial charge in [-0.15, -0.1) is 0 Å². The topological polar surface area (TPSA) is 43.4 Å². The second kappa shape index (κ2) is 2.07. The average molecular weight is 152 g/mol. The second-order valence-electron chi connectivity index (χ2n) is 1.63. The molecular weight excluding hydrogens is 147 g/mol. The third-order valence-corrected chi connectivity index (χ3v) is 1.90. The largest absolute Gasteiger partial charge is 0.292 e. The van der Waals surface area contributed by atoms with Crippen LogP contribution in [0, 0.1) is 0 Å². The summed E-state index contributed by atoms with van der Waals surface area (Å²) in [6, 6.07) is 0. The van der Waals surface area contributed by atoms with Crippen LogP contribution in [-0.2, 0) is 14.3 Å².